The summed E-state index contributed by atoms with van der Waals surface area (Å²) < 4.78 is 0. The molecule has 1 amide bonds. The number of carbonyl (C=O) groups is 1. The van der Waals surface area contributed by atoms with Crippen LogP contribution in [0, 0.1) is 5.41 Å². The monoisotopic (exact) mass is 480 g/mol. The second kappa shape index (κ2) is 12.4. The van der Waals surface area contributed by atoms with E-state index in [1.807, 2.05) is 11.8 Å². The van der Waals surface area contributed by atoms with E-state index in [0.717, 1.165) is 17.7 Å². The van der Waals surface area contributed by atoms with Crippen LogP contribution in [0.1, 0.15) is 0 Å². The zero-order valence-corrected chi connectivity index (χ0v) is 20.9. The maximum atomic E-state index is 12.0. The number of thioether (sulfide) groups is 1. The van der Waals surface area contributed by atoms with Gasteiger partial charge >= 0.3 is 202 Å². The standard InChI is InChI=1S/C26H33N4OPS/c1-30(26(27)28)21-25(31)29-17-19-33-20-18-32(22-11-5-2-6-12-22,23-13-7-3-8-14-23)24-15-9-4-10-16-24/h2-16,32H,17-21H2,1H3,(H3,27,28)(H,29,31). The number of benzene rings is 3. The Hall–Kier alpha value is -2.82. The van der Waals surface area contributed by atoms with E-state index in [4.69, 9.17) is 11.1 Å². The minimum absolute atomic E-state index is 0.103. The molecule has 0 fully saturated rings. The average Bonchev–Trinajstić information content (AvgIpc) is 2.85. The molecule has 0 aliphatic heterocycles. The summed E-state index contributed by atoms with van der Waals surface area (Å²) in [5, 5.41) is 14.5. The van der Waals surface area contributed by atoms with Crippen LogP contribution in [0.5, 0.6) is 0 Å². The fourth-order valence-electron chi connectivity index (χ4n) is 4.05. The molecule has 0 aliphatic carbocycles. The van der Waals surface area contributed by atoms with E-state index in [2.05, 4.69) is 96.3 Å². The van der Waals surface area contributed by atoms with Crippen molar-refractivity contribution < 1.29 is 4.79 Å². The van der Waals surface area contributed by atoms with Gasteiger partial charge in [0.2, 0.25) is 0 Å². The van der Waals surface area contributed by atoms with Crippen molar-refractivity contribution in [1.29, 1.82) is 5.41 Å². The Morgan fingerprint density at radius 1 is 0.879 bits per heavy atom. The van der Waals surface area contributed by atoms with Crippen LogP contribution in [0.4, 0.5) is 0 Å². The number of nitrogens with zero attached hydrogens (tertiary/aromatic N) is 1. The normalized spacial score (nSPS) is 11.5. The van der Waals surface area contributed by atoms with E-state index in [1.54, 1.807) is 7.05 Å². The van der Waals surface area contributed by atoms with Gasteiger partial charge in [-0.3, -0.25) is 0 Å². The summed E-state index contributed by atoms with van der Waals surface area (Å²) >= 11 is 1.87. The summed E-state index contributed by atoms with van der Waals surface area (Å²) in [7, 11) is -0.556. The summed E-state index contributed by atoms with van der Waals surface area (Å²) in [4.78, 5) is 13.4. The molecule has 0 atom stereocenters. The van der Waals surface area contributed by atoms with E-state index in [1.165, 1.54) is 20.8 Å². The number of rotatable bonds is 11. The van der Waals surface area contributed by atoms with E-state index < -0.39 is 7.26 Å². The van der Waals surface area contributed by atoms with Crippen molar-refractivity contribution in [3.05, 3.63) is 91.0 Å². The molecule has 0 radical (unpaired) electrons. The second-order valence-electron chi connectivity index (χ2n) is 7.96. The third-order valence-corrected chi connectivity index (χ3v) is 12.1. The van der Waals surface area contributed by atoms with E-state index >= 15 is 0 Å². The molecule has 0 spiro atoms. The SMILES string of the molecule is CN(CC(=O)NCCSCC[PH](c1ccccc1)(c1ccccc1)c1ccccc1)C(=N)N. The van der Waals surface area contributed by atoms with Crippen molar-refractivity contribution in [2.75, 3.05) is 37.8 Å². The third kappa shape index (κ3) is 6.59. The van der Waals surface area contributed by atoms with Crippen LogP contribution >= 0.6 is 19.0 Å². The molecule has 0 aromatic heterocycles. The van der Waals surface area contributed by atoms with Crippen molar-refractivity contribution >= 4 is 46.8 Å². The summed E-state index contributed by atoms with van der Waals surface area (Å²) in [5.41, 5.74) is 5.39. The van der Waals surface area contributed by atoms with Gasteiger partial charge in [-0.25, -0.2) is 0 Å². The van der Waals surface area contributed by atoms with Gasteiger partial charge in [0, 0.05) is 0 Å². The molecule has 5 nitrogen and oxygen atoms in total. The van der Waals surface area contributed by atoms with Crippen molar-refractivity contribution in [2.24, 2.45) is 5.73 Å². The van der Waals surface area contributed by atoms with Crippen LogP contribution in [0.3, 0.4) is 0 Å². The molecule has 7 heteroatoms. The van der Waals surface area contributed by atoms with E-state index in [9.17, 15) is 4.79 Å². The first-order valence-electron chi connectivity index (χ1n) is 11.1. The topological polar surface area (TPSA) is 82.2 Å². The molecule has 33 heavy (non-hydrogen) atoms. The maximum absolute atomic E-state index is 12.0. The Morgan fingerprint density at radius 3 is 1.76 bits per heavy atom. The summed E-state index contributed by atoms with van der Waals surface area (Å²) in [6.45, 7) is 0.706. The first kappa shape index (κ1) is 24.8. The number of guanidine groups is 1. The predicted octanol–water partition coefficient (Wildman–Crippen LogP) is 2.39. The van der Waals surface area contributed by atoms with Gasteiger partial charge in [0.15, 0.2) is 0 Å². The molecule has 0 saturated carbocycles. The zero-order valence-electron chi connectivity index (χ0n) is 19.0. The number of hydrogen-bond acceptors (Lipinski definition) is 3. The van der Waals surface area contributed by atoms with Gasteiger partial charge in [0.05, 0.1) is 0 Å². The van der Waals surface area contributed by atoms with Crippen molar-refractivity contribution in [3.63, 3.8) is 0 Å². The molecule has 3 aromatic rings. The van der Waals surface area contributed by atoms with E-state index in [-0.39, 0.29) is 18.4 Å². The predicted molar refractivity (Wildman–Crippen MR) is 146 cm³/mol. The number of nitrogens with two attached hydrogens (primary N) is 1. The van der Waals surface area contributed by atoms with Crippen LogP contribution < -0.4 is 27.0 Å². The summed E-state index contributed by atoms with van der Waals surface area (Å²) in [5.74, 6) is 1.63. The second-order valence-corrected chi connectivity index (χ2v) is 13.2. The third-order valence-electron chi connectivity index (χ3n) is 5.78. The molecule has 3 rings (SSSR count). The van der Waals surface area contributed by atoms with Crippen molar-refractivity contribution in [3.8, 4) is 0 Å². The minimum atomic E-state index is -2.19. The van der Waals surface area contributed by atoms with Gasteiger partial charge in [-0.2, -0.15) is 0 Å². The molecule has 3 aromatic carbocycles. The van der Waals surface area contributed by atoms with Gasteiger partial charge in [0.1, 0.15) is 0 Å². The van der Waals surface area contributed by atoms with Crippen molar-refractivity contribution in [2.45, 2.75) is 0 Å². The van der Waals surface area contributed by atoms with Crippen LogP contribution in [0.15, 0.2) is 91.0 Å². The molecule has 0 unspecified atom stereocenters. The first-order chi connectivity index (χ1) is 16.0. The molecule has 0 aliphatic rings. The fraction of sp³-hybridized carbons (Fsp3) is 0.231. The van der Waals surface area contributed by atoms with Gasteiger partial charge < -0.3 is 0 Å². The number of carbonyl (C=O) groups excluding carboxylic acids is 1. The molecular weight excluding hydrogens is 447 g/mol. The van der Waals surface area contributed by atoms with Gasteiger partial charge in [0.25, 0.3) is 0 Å². The molecular formula is C26H33N4OPS. The van der Waals surface area contributed by atoms with Crippen molar-refractivity contribution in [1.82, 2.24) is 10.2 Å². The molecule has 0 saturated heterocycles. The Kier molecular flexibility index (Phi) is 9.35. The molecule has 4 N–H and O–H groups in total. The van der Waals surface area contributed by atoms with Crippen LogP contribution in [-0.2, 0) is 4.79 Å². The van der Waals surface area contributed by atoms with Crippen LogP contribution in [-0.4, -0.2) is 54.6 Å². The quantitative estimate of drug-likeness (QED) is 0.170. The first-order valence-corrected chi connectivity index (χ1v) is 14.5. The molecule has 0 bridgehead atoms. The zero-order chi connectivity index (χ0) is 23.5. The number of amides is 1. The Balaban J connectivity index is 1.71. The number of nitrogens with one attached hydrogen (secondary N) is 2. The van der Waals surface area contributed by atoms with Crippen LogP contribution in [0.2, 0.25) is 0 Å². The molecule has 0 heterocycles. The summed E-state index contributed by atoms with van der Waals surface area (Å²) in [6, 6.07) is 32.8. The Labute approximate surface area is 201 Å². The van der Waals surface area contributed by atoms with Crippen LogP contribution in [0.25, 0.3) is 0 Å². The number of likely N-dealkylation sites (N-methyl/N-ethyl adjacent to an activating group) is 1. The van der Waals surface area contributed by atoms with Gasteiger partial charge in [-0.05, 0) is 0 Å². The average molecular weight is 481 g/mol. The Bertz CT molecular complexity index is 922. The summed E-state index contributed by atoms with van der Waals surface area (Å²) in [6.07, 6.45) is 1.08. The fourth-order valence-corrected chi connectivity index (χ4v) is 10.5. The van der Waals surface area contributed by atoms with E-state index in [0.29, 0.717) is 6.54 Å². The van der Waals surface area contributed by atoms with Gasteiger partial charge in [-0.15, -0.1) is 0 Å². The molecule has 174 valence electrons. The number of hydrogen-bond donors (Lipinski definition) is 3. The van der Waals surface area contributed by atoms with Gasteiger partial charge in [-0.1, -0.05) is 0 Å². The Morgan fingerprint density at radius 2 is 1.33 bits per heavy atom.